The molecular formula is C11H8N2. The van der Waals surface area contributed by atoms with E-state index in [4.69, 9.17) is 0 Å². The predicted octanol–water partition coefficient (Wildman–Crippen LogP) is 2.49. The highest BCUT2D eigenvalue weighted by Gasteiger charge is 1.98. The van der Waals surface area contributed by atoms with Crippen LogP contribution in [0.1, 0.15) is 0 Å². The lowest BCUT2D eigenvalue weighted by molar-refractivity contribution is 1.21. The van der Waals surface area contributed by atoms with Gasteiger partial charge in [0.05, 0.1) is 11.0 Å². The molecule has 0 radical (unpaired) electrons. The van der Waals surface area contributed by atoms with Crippen molar-refractivity contribution >= 4 is 16.4 Å². The second-order valence-electron chi connectivity index (χ2n) is 3.05. The van der Waals surface area contributed by atoms with E-state index in [1.165, 1.54) is 10.9 Å². The second-order valence-corrected chi connectivity index (χ2v) is 3.05. The molecule has 13 heavy (non-hydrogen) atoms. The van der Waals surface area contributed by atoms with Gasteiger partial charge in [0.25, 0.3) is 0 Å². The van der Waals surface area contributed by atoms with Crippen molar-refractivity contribution in [3.05, 3.63) is 48.9 Å². The highest BCUT2D eigenvalue weighted by atomic mass is 14.9. The van der Waals surface area contributed by atoms with Crippen molar-refractivity contribution in [2.75, 3.05) is 0 Å². The molecule has 0 aliphatic rings. The maximum absolute atomic E-state index is 4.30. The fourth-order valence-corrected chi connectivity index (χ4v) is 1.67. The summed E-state index contributed by atoms with van der Waals surface area (Å²) in [5.74, 6) is 0. The van der Waals surface area contributed by atoms with E-state index in [0.29, 0.717) is 0 Å². The Balaban J connectivity index is 2.65. The van der Waals surface area contributed by atoms with Crippen LogP contribution in [0.25, 0.3) is 16.4 Å². The van der Waals surface area contributed by atoms with Crippen molar-refractivity contribution in [2.24, 2.45) is 0 Å². The maximum Gasteiger partial charge on any atom is 0.0737 e. The smallest absolute Gasteiger partial charge is 0.0737 e. The summed E-state index contributed by atoms with van der Waals surface area (Å²) in [5, 5.41) is 1.20. The summed E-state index contributed by atoms with van der Waals surface area (Å²) >= 11 is 0. The van der Waals surface area contributed by atoms with Gasteiger partial charge >= 0.3 is 0 Å². The summed E-state index contributed by atoms with van der Waals surface area (Å²) in [6.07, 6.45) is 5.90. The Kier molecular flexibility index (Phi) is 1.19. The summed E-state index contributed by atoms with van der Waals surface area (Å²) in [5.41, 5.74) is 2.26. The van der Waals surface area contributed by atoms with Gasteiger partial charge in [0.15, 0.2) is 0 Å². The number of pyridine rings is 2. The quantitative estimate of drug-likeness (QED) is 0.504. The third-order valence-corrected chi connectivity index (χ3v) is 2.29. The Bertz CT molecular complexity index is 566. The lowest BCUT2D eigenvalue weighted by Crippen LogP contribution is -1.84. The molecule has 0 bridgehead atoms. The molecule has 2 nitrogen and oxygen atoms in total. The summed E-state index contributed by atoms with van der Waals surface area (Å²) in [7, 11) is 0. The van der Waals surface area contributed by atoms with Gasteiger partial charge in [-0.3, -0.25) is 4.98 Å². The van der Waals surface area contributed by atoms with Crippen LogP contribution in [-0.4, -0.2) is 9.38 Å². The average molecular weight is 168 g/mol. The number of hydrogen-bond acceptors (Lipinski definition) is 1. The Morgan fingerprint density at radius 3 is 3.00 bits per heavy atom. The van der Waals surface area contributed by atoms with Crippen LogP contribution in [0, 0.1) is 0 Å². The Morgan fingerprint density at radius 1 is 1.00 bits per heavy atom. The molecule has 62 valence electrons. The van der Waals surface area contributed by atoms with Crippen molar-refractivity contribution < 1.29 is 0 Å². The van der Waals surface area contributed by atoms with Crippen molar-refractivity contribution in [2.45, 2.75) is 0 Å². The first kappa shape index (κ1) is 6.66. The largest absolute Gasteiger partial charge is 0.323 e. The van der Waals surface area contributed by atoms with Crippen molar-refractivity contribution in [3.8, 4) is 0 Å². The van der Waals surface area contributed by atoms with Gasteiger partial charge < -0.3 is 4.40 Å². The molecule has 0 aliphatic heterocycles. The predicted molar refractivity (Wildman–Crippen MR) is 52.7 cm³/mol. The molecule has 0 saturated carbocycles. The van der Waals surface area contributed by atoms with Crippen LogP contribution in [0.5, 0.6) is 0 Å². The molecule has 0 N–H and O–H groups in total. The fourth-order valence-electron chi connectivity index (χ4n) is 1.67. The molecule has 0 aromatic carbocycles. The zero-order valence-corrected chi connectivity index (χ0v) is 7.01. The summed E-state index contributed by atoms with van der Waals surface area (Å²) < 4.78 is 2.10. The molecule has 3 aromatic heterocycles. The number of fused-ring (bicyclic) bond motifs is 3. The van der Waals surface area contributed by atoms with Gasteiger partial charge in [-0.25, -0.2) is 0 Å². The first-order chi connectivity index (χ1) is 6.45. The lowest BCUT2D eigenvalue weighted by Gasteiger charge is -1.99. The SMILES string of the molecule is c1cnc2ccn3cccc3c2c1. The van der Waals surface area contributed by atoms with Gasteiger partial charge in [0, 0.05) is 24.0 Å². The maximum atomic E-state index is 4.30. The van der Waals surface area contributed by atoms with E-state index in [9.17, 15) is 0 Å². The van der Waals surface area contributed by atoms with E-state index >= 15 is 0 Å². The minimum atomic E-state index is 1.05. The molecule has 0 amide bonds. The molecule has 3 rings (SSSR count). The van der Waals surface area contributed by atoms with Gasteiger partial charge in [0.1, 0.15) is 0 Å². The first-order valence-electron chi connectivity index (χ1n) is 4.25. The monoisotopic (exact) mass is 168 g/mol. The second kappa shape index (κ2) is 2.33. The molecule has 2 heteroatoms. The van der Waals surface area contributed by atoms with Crippen LogP contribution in [0.15, 0.2) is 48.9 Å². The minimum Gasteiger partial charge on any atom is -0.323 e. The highest BCUT2D eigenvalue weighted by Crippen LogP contribution is 2.17. The van der Waals surface area contributed by atoms with Crippen LogP contribution < -0.4 is 0 Å². The van der Waals surface area contributed by atoms with Crippen molar-refractivity contribution in [3.63, 3.8) is 0 Å². The molecule has 0 fully saturated rings. The molecule has 0 saturated heterocycles. The molecule has 3 heterocycles. The zero-order chi connectivity index (χ0) is 8.67. The van der Waals surface area contributed by atoms with Crippen LogP contribution in [0.4, 0.5) is 0 Å². The third-order valence-electron chi connectivity index (χ3n) is 2.29. The highest BCUT2D eigenvalue weighted by molar-refractivity contribution is 5.93. The number of nitrogens with zero attached hydrogens (tertiary/aromatic N) is 2. The van der Waals surface area contributed by atoms with E-state index in [1.54, 1.807) is 0 Å². The van der Waals surface area contributed by atoms with Gasteiger partial charge in [-0.05, 0) is 30.3 Å². The standard InChI is InChI=1S/C11H8N2/c1-3-9-10(12-6-1)5-8-13-7-2-4-11(9)13/h1-8H. The lowest BCUT2D eigenvalue weighted by atomic mass is 10.2. The Hall–Kier alpha value is -1.83. The van der Waals surface area contributed by atoms with Crippen molar-refractivity contribution in [1.82, 2.24) is 9.38 Å². The van der Waals surface area contributed by atoms with E-state index in [2.05, 4.69) is 21.5 Å². The molecule has 0 atom stereocenters. The van der Waals surface area contributed by atoms with Crippen LogP contribution in [-0.2, 0) is 0 Å². The third kappa shape index (κ3) is 0.855. The zero-order valence-electron chi connectivity index (χ0n) is 7.01. The molecule has 0 spiro atoms. The average Bonchev–Trinajstić information content (AvgIpc) is 2.65. The van der Waals surface area contributed by atoms with Crippen molar-refractivity contribution in [1.29, 1.82) is 0 Å². The molecule has 0 unspecified atom stereocenters. The Labute approximate surface area is 75.5 Å². The normalized spacial score (nSPS) is 11.1. The summed E-state index contributed by atoms with van der Waals surface area (Å²) in [4.78, 5) is 4.30. The van der Waals surface area contributed by atoms with Crippen LogP contribution in [0.3, 0.4) is 0 Å². The summed E-state index contributed by atoms with van der Waals surface area (Å²) in [6, 6.07) is 10.2. The van der Waals surface area contributed by atoms with E-state index in [-0.39, 0.29) is 0 Å². The molecular weight excluding hydrogens is 160 g/mol. The van der Waals surface area contributed by atoms with Gasteiger partial charge in [-0.15, -0.1) is 0 Å². The Morgan fingerprint density at radius 2 is 2.00 bits per heavy atom. The van der Waals surface area contributed by atoms with Gasteiger partial charge in [-0.2, -0.15) is 0 Å². The molecule has 3 aromatic rings. The van der Waals surface area contributed by atoms with Crippen LogP contribution in [0.2, 0.25) is 0 Å². The number of hydrogen-bond donors (Lipinski definition) is 0. The fraction of sp³-hybridized carbons (Fsp3) is 0. The summed E-state index contributed by atoms with van der Waals surface area (Å²) in [6.45, 7) is 0. The number of aromatic nitrogens is 2. The minimum absolute atomic E-state index is 1.05. The van der Waals surface area contributed by atoms with E-state index in [1.807, 2.05) is 36.8 Å². The van der Waals surface area contributed by atoms with Crippen LogP contribution >= 0.6 is 0 Å². The van der Waals surface area contributed by atoms with Gasteiger partial charge in [-0.1, -0.05) is 0 Å². The van der Waals surface area contributed by atoms with E-state index < -0.39 is 0 Å². The first-order valence-corrected chi connectivity index (χ1v) is 4.25. The molecule has 0 aliphatic carbocycles. The van der Waals surface area contributed by atoms with E-state index in [0.717, 1.165) is 5.52 Å². The topological polar surface area (TPSA) is 17.3 Å². The number of rotatable bonds is 0. The van der Waals surface area contributed by atoms with Gasteiger partial charge in [0.2, 0.25) is 0 Å².